The molecule has 176 valence electrons. The highest BCUT2D eigenvalue weighted by atomic mass is 16.6. The number of ether oxygens (including phenoxy) is 1. The van der Waals surface area contributed by atoms with Gasteiger partial charge in [-0.3, -0.25) is 15.1 Å². The van der Waals surface area contributed by atoms with Crippen LogP contribution in [0.2, 0.25) is 0 Å². The van der Waals surface area contributed by atoms with Crippen LogP contribution in [0.1, 0.15) is 58.7 Å². The molecule has 3 rings (SSSR count). The van der Waals surface area contributed by atoms with E-state index in [9.17, 15) is 14.4 Å². The lowest BCUT2D eigenvalue weighted by molar-refractivity contribution is -0.119. The number of alkyl carbamates (subject to hydrolysis) is 1. The lowest BCUT2D eigenvalue weighted by Crippen LogP contribution is -2.35. The summed E-state index contributed by atoms with van der Waals surface area (Å²) < 4.78 is 5.43. The SMILES string of the molecule is C[C@@H]1CCC[C@H](NC(=O)OC(C)(C)C)c2cc(ccn2)-c2ccc(NC(=O)O)cc2NC1=O. The van der Waals surface area contributed by atoms with E-state index in [-0.39, 0.29) is 17.9 Å². The molecule has 0 saturated heterocycles. The lowest BCUT2D eigenvalue weighted by atomic mass is 9.95. The van der Waals surface area contributed by atoms with Crippen molar-refractivity contribution in [1.29, 1.82) is 0 Å². The molecule has 1 aliphatic heterocycles. The van der Waals surface area contributed by atoms with Gasteiger partial charge in [0.25, 0.3) is 0 Å². The zero-order valence-electron chi connectivity index (χ0n) is 19.3. The number of pyridine rings is 1. The molecule has 2 bridgehead atoms. The average molecular weight is 455 g/mol. The molecule has 9 heteroatoms. The van der Waals surface area contributed by atoms with Crippen LogP contribution in [0.25, 0.3) is 11.1 Å². The number of rotatable bonds is 2. The van der Waals surface area contributed by atoms with E-state index in [4.69, 9.17) is 9.84 Å². The molecule has 3 amide bonds. The van der Waals surface area contributed by atoms with Crippen molar-refractivity contribution in [3.05, 3.63) is 42.2 Å². The number of aromatic nitrogens is 1. The molecule has 9 nitrogen and oxygen atoms in total. The van der Waals surface area contributed by atoms with E-state index < -0.39 is 17.8 Å². The van der Waals surface area contributed by atoms with Crippen molar-refractivity contribution in [1.82, 2.24) is 10.3 Å². The van der Waals surface area contributed by atoms with Crippen molar-refractivity contribution in [3.8, 4) is 11.1 Å². The van der Waals surface area contributed by atoms with Crippen LogP contribution >= 0.6 is 0 Å². The number of nitrogens with one attached hydrogen (secondary N) is 3. The Morgan fingerprint density at radius 3 is 2.64 bits per heavy atom. The molecule has 1 aromatic carbocycles. The van der Waals surface area contributed by atoms with Gasteiger partial charge in [0.1, 0.15) is 5.60 Å². The fraction of sp³-hybridized carbons (Fsp3) is 0.417. The summed E-state index contributed by atoms with van der Waals surface area (Å²) in [6.07, 6.45) is 1.83. The molecular weight excluding hydrogens is 424 g/mol. The van der Waals surface area contributed by atoms with Gasteiger partial charge in [0.15, 0.2) is 0 Å². The molecule has 1 aliphatic rings. The monoisotopic (exact) mass is 454 g/mol. The minimum Gasteiger partial charge on any atom is -0.465 e. The third-order valence-electron chi connectivity index (χ3n) is 5.25. The van der Waals surface area contributed by atoms with Gasteiger partial charge in [-0.1, -0.05) is 19.4 Å². The molecule has 2 aromatic rings. The molecule has 1 aromatic heterocycles. The largest absolute Gasteiger partial charge is 0.465 e. The average Bonchev–Trinajstić information content (AvgIpc) is 2.70. The summed E-state index contributed by atoms with van der Waals surface area (Å²) in [6.45, 7) is 7.25. The third-order valence-corrected chi connectivity index (χ3v) is 5.25. The van der Waals surface area contributed by atoms with E-state index in [1.165, 1.54) is 0 Å². The predicted molar refractivity (Wildman–Crippen MR) is 125 cm³/mol. The topological polar surface area (TPSA) is 130 Å². The van der Waals surface area contributed by atoms with Crippen molar-refractivity contribution in [2.45, 2.75) is 58.6 Å². The van der Waals surface area contributed by atoms with Crippen molar-refractivity contribution < 1.29 is 24.2 Å². The minimum absolute atomic E-state index is 0.157. The summed E-state index contributed by atoms with van der Waals surface area (Å²) >= 11 is 0. The molecule has 0 unspecified atom stereocenters. The maximum absolute atomic E-state index is 12.8. The van der Waals surface area contributed by atoms with Gasteiger partial charge in [-0.15, -0.1) is 0 Å². The van der Waals surface area contributed by atoms with E-state index in [1.807, 2.05) is 13.0 Å². The van der Waals surface area contributed by atoms with E-state index in [2.05, 4.69) is 20.9 Å². The fourth-order valence-electron chi connectivity index (χ4n) is 3.67. The number of anilines is 2. The van der Waals surface area contributed by atoms with Crippen LogP contribution in [0.3, 0.4) is 0 Å². The highest BCUT2D eigenvalue weighted by Gasteiger charge is 2.24. The normalized spacial score (nSPS) is 18.6. The summed E-state index contributed by atoms with van der Waals surface area (Å²) in [5.74, 6) is -0.433. The first-order chi connectivity index (χ1) is 15.5. The van der Waals surface area contributed by atoms with Crippen molar-refractivity contribution in [2.24, 2.45) is 5.92 Å². The Balaban J connectivity index is 2.02. The van der Waals surface area contributed by atoms with Crippen LogP contribution in [0, 0.1) is 5.92 Å². The molecule has 0 spiro atoms. The number of fused-ring (bicyclic) bond motifs is 4. The Kier molecular flexibility index (Phi) is 7.20. The second-order valence-corrected chi connectivity index (χ2v) is 9.18. The van der Waals surface area contributed by atoms with Gasteiger partial charge in [-0.25, -0.2) is 9.59 Å². The number of carbonyl (C=O) groups excluding carboxylic acids is 2. The first-order valence-corrected chi connectivity index (χ1v) is 10.9. The molecule has 33 heavy (non-hydrogen) atoms. The highest BCUT2D eigenvalue weighted by molar-refractivity contribution is 5.98. The number of amides is 3. The van der Waals surface area contributed by atoms with Crippen LogP contribution in [0.4, 0.5) is 21.0 Å². The van der Waals surface area contributed by atoms with Crippen LogP contribution in [0.5, 0.6) is 0 Å². The van der Waals surface area contributed by atoms with Gasteiger partial charge in [0.05, 0.1) is 17.4 Å². The number of benzene rings is 1. The summed E-state index contributed by atoms with van der Waals surface area (Å²) in [4.78, 5) is 40.8. The summed E-state index contributed by atoms with van der Waals surface area (Å²) in [6, 6.07) is 8.25. The van der Waals surface area contributed by atoms with E-state index in [0.29, 0.717) is 41.9 Å². The lowest BCUT2D eigenvalue weighted by Gasteiger charge is -2.25. The van der Waals surface area contributed by atoms with Crippen LogP contribution < -0.4 is 16.0 Å². The molecule has 2 atom stereocenters. The quantitative estimate of drug-likeness (QED) is 0.496. The Morgan fingerprint density at radius 2 is 1.94 bits per heavy atom. The minimum atomic E-state index is -1.19. The second-order valence-electron chi connectivity index (χ2n) is 9.18. The zero-order valence-corrected chi connectivity index (χ0v) is 19.3. The second kappa shape index (κ2) is 9.89. The summed E-state index contributed by atoms with van der Waals surface area (Å²) in [5, 5.41) is 17.2. The molecule has 2 heterocycles. The zero-order chi connectivity index (χ0) is 24.2. The maximum atomic E-state index is 12.8. The number of hydrogen-bond acceptors (Lipinski definition) is 5. The molecule has 0 aliphatic carbocycles. The number of carbonyl (C=O) groups is 3. The number of hydrogen-bond donors (Lipinski definition) is 4. The van der Waals surface area contributed by atoms with Gasteiger partial charge in [0, 0.05) is 23.4 Å². The summed E-state index contributed by atoms with van der Waals surface area (Å²) in [5.41, 5.74) is 2.38. The Bertz CT molecular complexity index is 1050. The first-order valence-electron chi connectivity index (χ1n) is 10.9. The van der Waals surface area contributed by atoms with Gasteiger partial charge in [-0.05, 0) is 63.4 Å². The Morgan fingerprint density at radius 1 is 1.18 bits per heavy atom. The fourth-order valence-corrected chi connectivity index (χ4v) is 3.67. The van der Waals surface area contributed by atoms with Crippen LogP contribution in [0.15, 0.2) is 36.5 Å². The Hall–Kier alpha value is -3.62. The van der Waals surface area contributed by atoms with Gasteiger partial charge in [-0.2, -0.15) is 0 Å². The van der Waals surface area contributed by atoms with E-state index in [0.717, 1.165) is 5.56 Å². The molecule has 0 radical (unpaired) electrons. The van der Waals surface area contributed by atoms with Crippen molar-refractivity contribution in [3.63, 3.8) is 0 Å². The predicted octanol–water partition coefficient (Wildman–Crippen LogP) is 5.16. The van der Waals surface area contributed by atoms with Gasteiger partial charge < -0.3 is 20.5 Å². The number of nitrogens with zero attached hydrogens (tertiary/aromatic N) is 1. The van der Waals surface area contributed by atoms with Gasteiger partial charge in [0.2, 0.25) is 5.91 Å². The van der Waals surface area contributed by atoms with E-state index in [1.54, 1.807) is 51.2 Å². The van der Waals surface area contributed by atoms with Crippen LogP contribution in [-0.4, -0.2) is 33.8 Å². The van der Waals surface area contributed by atoms with E-state index >= 15 is 0 Å². The molecule has 4 N–H and O–H groups in total. The smallest absolute Gasteiger partial charge is 0.409 e. The maximum Gasteiger partial charge on any atom is 0.409 e. The standard InChI is InChI=1S/C24H30N4O5/c1-14-6-5-7-18(28-23(32)33-24(2,3)4)20-12-15(10-11-25-20)17-9-8-16(26-22(30)31)13-19(17)27-21(14)29/h8-14,18,26H,5-7H2,1-4H3,(H,27,29)(H,28,32)(H,30,31)/t14-,18+/m1/s1. The first kappa shape index (κ1) is 24.0. The summed E-state index contributed by atoms with van der Waals surface area (Å²) in [7, 11) is 0. The Labute approximate surface area is 192 Å². The molecule has 0 saturated carbocycles. The molecule has 0 fully saturated rings. The van der Waals surface area contributed by atoms with Crippen molar-refractivity contribution >= 4 is 29.5 Å². The number of carboxylic acid groups (broad SMARTS) is 1. The third kappa shape index (κ3) is 6.68. The highest BCUT2D eigenvalue weighted by Crippen LogP contribution is 2.34. The van der Waals surface area contributed by atoms with Gasteiger partial charge >= 0.3 is 12.2 Å². The molecular formula is C24H30N4O5. The van der Waals surface area contributed by atoms with Crippen LogP contribution in [-0.2, 0) is 9.53 Å². The van der Waals surface area contributed by atoms with Crippen molar-refractivity contribution in [2.75, 3.05) is 10.6 Å².